The van der Waals surface area contributed by atoms with Gasteiger partial charge in [0.15, 0.2) is 18.1 Å². The number of anilines is 2. The van der Waals surface area contributed by atoms with Crippen LogP contribution in [-0.2, 0) is 9.59 Å². The van der Waals surface area contributed by atoms with E-state index in [0.717, 1.165) is 11.1 Å². The standard InChI is InChI=1S/C27H23BrClN3O4/c1-16-7-6-10-22(17(16)2)31-25(33)15-36-26-20(28)12-18(13-24(26)35-3)11-19(14-30)27(34)32-23-9-5-4-8-21(23)29/h4-13H,15H2,1-3H3,(H,31,33)(H,32,34)/b19-11+. The Morgan fingerprint density at radius 3 is 2.50 bits per heavy atom. The summed E-state index contributed by atoms with van der Waals surface area (Å²) < 4.78 is 11.6. The predicted octanol–water partition coefficient (Wildman–Crippen LogP) is 6.29. The van der Waals surface area contributed by atoms with Crippen LogP contribution >= 0.6 is 27.5 Å². The van der Waals surface area contributed by atoms with Gasteiger partial charge in [-0.1, -0.05) is 35.9 Å². The Bertz CT molecular complexity index is 1380. The Hall–Kier alpha value is -3.80. The number of para-hydroxylation sites is 1. The average molecular weight is 569 g/mol. The fourth-order valence-electron chi connectivity index (χ4n) is 3.24. The molecule has 0 aliphatic heterocycles. The van der Waals surface area contributed by atoms with Crippen LogP contribution in [0.25, 0.3) is 6.08 Å². The van der Waals surface area contributed by atoms with Gasteiger partial charge in [0, 0.05) is 5.69 Å². The molecule has 0 saturated carbocycles. The number of carbonyl (C=O) groups excluding carboxylic acids is 2. The molecule has 36 heavy (non-hydrogen) atoms. The number of halogens is 2. The first-order valence-electron chi connectivity index (χ1n) is 10.8. The lowest BCUT2D eigenvalue weighted by Gasteiger charge is -2.15. The quantitative estimate of drug-likeness (QED) is 0.246. The molecular weight excluding hydrogens is 546 g/mol. The lowest BCUT2D eigenvalue weighted by atomic mass is 10.1. The monoisotopic (exact) mass is 567 g/mol. The number of carbonyl (C=O) groups is 2. The van der Waals surface area contributed by atoms with Gasteiger partial charge in [0.2, 0.25) is 0 Å². The van der Waals surface area contributed by atoms with Gasteiger partial charge in [-0.25, -0.2) is 0 Å². The zero-order chi connectivity index (χ0) is 26.2. The second kappa shape index (κ2) is 12.2. The summed E-state index contributed by atoms with van der Waals surface area (Å²) >= 11 is 9.51. The summed E-state index contributed by atoms with van der Waals surface area (Å²) in [7, 11) is 1.45. The molecule has 0 aliphatic rings. The van der Waals surface area contributed by atoms with Gasteiger partial charge in [-0.15, -0.1) is 0 Å². The van der Waals surface area contributed by atoms with Crippen molar-refractivity contribution in [1.29, 1.82) is 5.26 Å². The van der Waals surface area contributed by atoms with Gasteiger partial charge in [-0.3, -0.25) is 9.59 Å². The summed E-state index contributed by atoms with van der Waals surface area (Å²) in [6, 6.07) is 17.5. The fraction of sp³-hybridized carbons (Fsp3) is 0.148. The average Bonchev–Trinajstić information content (AvgIpc) is 2.85. The van der Waals surface area contributed by atoms with Crippen LogP contribution in [0.5, 0.6) is 11.5 Å². The summed E-state index contributed by atoms with van der Waals surface area (Å²) in [5, 5.41) is 15.4. The highest BCUT2D eigenvalue weighted by Gasteiger charge is 2.16. The Labute approximate surface area is 222 Å². The maximum atomic E-state index is 12.6. The predicted molar refractivity (Wildman–Crippen MR) is 144 cm³/mol. The normalized spacial score (nSPS) is 10.8. The molecule has 3 aromatic carbocycles. The van der Waals surface area contributed by atoms with Gasteiger partial charge < -0.3 is 20.1 Å². The molecule has 9 heteroatoms. The Balaban J connectivity index is 1.76. The second-order valence-corrected chi connectivity index (χ2v) is 8.98. The van der Waals surface area contributed by atoms with Crippen LogP contribution in [0, 0.1) is 25.2 Å². The van der Waals surface area contributed by atoms with Crippen LogP contribution in [0.3, 0.4) is 0 Å². The zero-order valence-corrected chi connectivity index (χ0v) is 22.2. The van der Waals surface area contributed by atoms with Gasteiger partial charge >= 0.3 is 0 Å². The number of benzene rings is 3. The van der Waals surface area contributed by atoms with Crippen molar-refractivity contribution in [3.8, 4) is 17.6 Å². The number of aryl methyl sites for hydroxylation is 1. The van der Waals surface area contributed by atoms with E-state index >= 15 is 0 Å². The molecule has 2 N–H and O–H groups in total. The third-order valence-corrected chi connectivity index (χ3v) is 6.19. The van der Waals surface area contributed by atoms with Crippen LogP contribution in [-0.4, -0.2) is 25.5 Å². The molecule has 0 spiro atoms. The van der Waals surface area contributed by atoms with E-state index in [1.54, 1.807) is 36.4 Å². The molecule has 3 aromatic rings. The number of methoxy groups -OCH3 is 1. The van der Waals surface area contributed by atoms with Gasteiger partial charge in [-0.2, -0.15) is 5.26 Å². The van der Waals surface area contributed by atoms with Gasteiger partial charge in [-0.05, 0) is 82.9 Å². The molecule has 184 valence electrons. The van der Waals surface area contributed by atoms with Gasteiger partial charge in [0.25, 0.3) is 11.8 Å². The molecule has 2 amide bonds. The zero-order valence-electron chi connectivity index (χ0n) is 19.8. The minimum absolute atomic E-state index is 0.134. The number of nitrogens with one attached hydrogen (secondary N) is 2. The Kier molecular flexibility index (Phi) is 9.12. The highest BCUT2D eigenvalue weighted by molar-refractivity contribution is 9.10. The number of nitrogens with zero attached hydrogens (tertiary/aromatic N) is 1. The van der Waals surface area contributed by atoms with Crippen LogP contribution in [0.1, 0.15) is 16.7 Å². The van der Waals surface area contributed by atoms with Crippen LogP contribution in [0.2, 0.25) is 5.02 Å². The third-order valence-electron chi connectivity index (χ3n) is 5.28. The smallest absolute Gasteiger partial charge is 0.266 e. The summed E-state index contributed by atoms with van der Waals surface area (Å²) in [6.07, 6.45) is 1.41. The first kappa shape index (κ1) is 26.8. The first-order valence-corrected chi connectivity index (χ1v) is 11.9. The van der Waals surface area contributed by atoms with E-state index in [1.807, 2.05) is 38.1 Å². The van der Waals surface area contributed by atoms with Crippen LogP contribution in [0.4, 0.5) is 11.4 Å². The summed E-state index contributed by atoms with van der Waals surface area (Å²) in [4.78, 5) is 25.1. The number of nitriles is 1. The van der Waals surface area contributed by atoms with E-state index < -0.39 is 5.91 Å². The van der Waals surface area contributed by atoms with Crippen molar-refractivity contribution in [2.75, 3.05) is 24.4 Å². The van der Waals surface area contributed by atoms with E-state index in [4.69, 9.17) is 21.1 Å². The summed E-state index contributed by atoms with van der Waals surface area (Å²) in [6.45, 7) is 3.65. The van der Waals surface area contributed by atoms with E-state index in [-0.39, 0.29) is 18.1 Å². The van der Waals surface area contributed by atoms with Crippen molar-refractivity contribution < 1.29 is 19.1 Å². The Morgan fingerprint density at radius 2 is 1.81 bits per heavy atom. The topological polar surface area (TPSA) is 100 Å². The number of rotatable bonds is 8. The van der Waals surface area contributed by atoms with Crippen LogP contribution < -0.4 is 20.1 Å². The summed E-state index contributed by atoms with van der Waals surface area (Å²) in [5.74, 6) is -0.308. The minimum Gasteiger partial charge on any atom is -0.493 e. The van der Waals surface area contributed by atoms with E-state index in [1.165, 1.54) is 13.2 Å². The lowest BCUT2D eigenvalue weighted by molar-refractivity contribution is -0.118. The molecule has 7 nitrogen and oxygen atoms in total. The molecule has 0 bridgehead atoms. The van der Waals surface area contributed by atoms with Crippen molar-refractivity contribution in [1.82, 2.24) is 0 Å². The van der Waals surface area contributed by atoms with E-state index in [0.29, 0.717) is 37.9 Å². The lowest BCUT2D eigenvalue weighted by Crippen LogP contribution is -2.21. The number of hydrogen-bond acceptors (Lipinski definition) is 5. The maximum absolute atomic E-state index is 12.6. The van der Waals surface area contributed by atoms with E-state index in [2.05, 4.69) is 26.6 Å². The maximum Gasteiger partial charge on any atom is 0.266 e. The van der Waals surface area contributed by atoms with Crippen molar-refractivity contribution in [2.45, 2.75) is 13.8 Å². The SMILES string of the molecule is COc1cc(/C=C(\C#N)C(=O)Nc2ccccc2Cl)cc(Br)c1OCC(=O)Nc1cccc(C)c1C. The highest BCUT2D eigenvalue weighted by atomic mass is 79.9. The molecular formula is C27H23BrClN3O4. The number of ether oxygens (including phenoxy) is 2. The molecule has 0 aliphatic carbocycles. The van der Waals surface area contributed by atoms with Gasteiger partial charge in [0.05, 0.1) is 22.3 Å². The summed E-state index contributed by atoms with van der Waals surface area (Å²) in [5.41, 5.74) is 3.54. The molecule has 0 unspecified atom stereocenters. The third kappa shape index (κ3) is 6.66. The second-order valence-electron chi connectivity index (χ2n) is 7.72. The molecule has 0 fully saturated rings. The van der Waals surface area contributed by atoms with Crippen LogP contribution in [0.15, 0.2) is 64.6 Å². The number of hydrogen-bond donors (Lipinski definition) is 2. The molecule has 0 heterocycles. The molecule has 0 atom stereocenters. The van der Waals surface area contributed by atoms with Crippen molar-refractivity contribution in [3.63, 3.8) is 0 Å². The Morgan fingerprint density at radius 1 is 1.08 bits per heavy atom. The number of amides is 2. The minimum atomic E-state index is -0.607. The van der Waals surface area contributed by atoms with Crippen molar-refractivity contribution >= 4 is 56.8 Å². The van der Waals surface area contributed by atoms with Crippen molar-refractivity contribution in [3.05, 3.63) is 86.4 Å². The van der Waals surface area contributed by atoms with Crippen molar-refractivity contribution in [2.24, 2.45) is 0 Å². The molecule has 0 aromatic heterocycles. The highest BCUT2D eigenvalue weighted by Crippen LogP contribution is 2.37. The molecule has 3 rings (SSSR count). The first-order chi connectivity index (χ1) is 17.2. The fourth-order valence-corrected chi connectivity index (χ4v) is 4.00. The van der Waals surface area contributed by atoms with E-state index in [9.17, 15) is 14.9 Å². The van der Waals surface area contributed by atoms with Gasteiger partial charge in [0.1, 0.15) is 11.6 Å². The largest absolute Gasteiger partial charge is 0.493 e. The molecule has 0 saturated heterocycles. The molecule has 0 radical (unpaired) electrons.